The zero-order chi connectivity index (χ0) is 13.7. The van der Waals surface area contributed by atoms with E-state index in [-0.39, 0.29) is 12.1 Å². The molecule has 100 valence electrons. The van der Waals surface area contributed by atoms with Crippen LogP contribution in [-0.4, -0.2) is 11.0 Å². The number of urea groups is 1. The van der Waals surface area contributed by atoms with Gasteiger partial charge in [-0.3, -0.25) is 5.32 Å². The monoisotopic (exact) mass is 275 g/mol. The first-order valence-electron chi connectivity index (χ1n) is 6.19. The molecular formula is C14H17N3OS. The van der Waals surface area contributed by atoms with Gasteiger partial charge in [-0.15, -0.1) is 11.3 Å². The SMILES string of the molecule is CC(C)C(NC(=O)Nc1nccs1)c1ccccc1. The number of thiazole rings is 1. The predicted octanol–water partition coefficient (Wildman–Crippen LogP) is 3.66. The first-order chi connectivity index (χ1) is 9.16. The van der Waals surface area contributed by atoms with E-state index in [0.29, 0.717) is 11.0 Å². The fourth-order valence-corrected chi connectivity index (χ4v) is 2.38. The minimum Gasteiger partial charge on any atom is -0.331 e. The van der Waals surface area contributed by atoms with Crippen molar-refractivity contribution in [1.29, 1.82) is 0 Å². The van der Waals surface area contributed by atoms with Gasteiger partial charge in [0.15, 0.2) is 5.13 Å². The van der Waals surface area contributed by atoms with Crippen LogP contribution in [-0.2, 0) is 0 Å². The second-order valence-corrected chi connectivity index (χ2v) is 5.46. The topological polar surface area (TPSA) is 54.0 Å². The van der Waals surface area contributed by atoms with Crippen LogP contribution in [0.15, 0.2) is 41.9 Å². The molecule has 0 spiro atoms. The normalized spacial score (nSPS) is 12.2. The number of aromatic nitrogens is 1. The molecule has 5 heteroatoms. The molecule has 0 radical (unpaired) electrons. The third-order valence-electron chi connectivity index (χ3n) is 2.76. The van der Waals surface area contributed by atoms with E-state index in [1.54, 1.807) is 6.20 Å². The van der Waals surface area contributed by atoms with Crippen molar-refractivity contribution >= 4 is 22.5 Å². The summed E-state index contributed by atoms with van der Waals surface area (Å²) in [6.07, 6.45) is 1.66. The van der Waals surface area contributed by atoms with Gasteiger partial charge >= 0.3 is 6.03 Å². The second kappa shape index (κ2) is 6.33. The largest absolute Gasteiger partial charge is 0.331 e. The highest BCUT2D eigenvalue weighted by molar-refractivity contribution is 7.13. The quantitative estimate of drug-likeness (QED) is 0.894. The lowest BCUT2D eigenvalue weighted by Crippen LogP contribution is -2.35. The molecule has 2 amide bonds. The van der Waals surface area contributed by atoms with E-state index >= 15 is 0 Å². The maximum absolute atomic E-state index is 11.9. The highest BCUT2D eigenvalue weighted by Gasteiger charge is 2.18. The maximum atomic E-state index is 11.9. The van der Waals surface area contributed by atoms with Crippen LogP contribution in [0.1, 0.15) is 25.5 Å². The molecule has 1 unspecified atom stereocenters. The van der Waals surface area contributed by atoms with Gasteiger partial charge in [-0.1, -0.05) is 44.2 Å². The van der Waals surface area contributed by atoms with Gasteiger partial charge in [-0.05, 0) is 11.5 Å². The van der Waals surface area contributed by atoms with Crippen LogP contribution in [0.5, 0.6) is 0 Å². The molecule has 1 aromatic carbocycles. The minimum atomic E-state index is -0.225. The zero-order valence-corrected chi connectivity index (χ0v) is 11.8. The van der Waals surface area contributed by atoms with E-state index in [2.05, 4.69) is 29.5 Å². The van der Waals surface area contributed by atoms with Crippen molar-refractivity contribution in [2.75, 3.05) is 5.32 Å². The van der Waals surface area contributed by atoms with Gasteiger partial charge in [0, 0.05) is 11.6 Å². The molecule has 1 heterocycles. The van der Waals surface area contributed by atoms with Gasteiger partial charge in [-0.25, -0.2) is 9.78 Å². The Kier molecular flexibility index (Phi) is 4.52. The van der Waals surface area contributed by atoms with E-state index < -0.39 is 0 Å². The molecule has 4 nitrogen and oxygen atoms in total. The number of nitrogens with zero attached hydrogens (tertiary/aromatic N) is 1. The Bertz CT molecular complexity index is 511. The van der Waals surface area contributed by atoms with Crippen LogP contribution in [0.3, 0.4) is 0 Å². The Hall–Kier alpha value is -1.88. The summed E-state index contributed by atoms with van der Waals surface area (Å²) in [7, 11) is 0. The third-order valence-corrected chi connectivity index (χ3v) is 3.45. The maximum Gasteiger partial charge on any atom is 0.321 e. The molecule has 19 heavy (non-hydrogen) atoms. The van der Waals surface area contributed by atoms with E-state index in [0.717, 1.165) is 5.56 Å². The lowest BCUT2D eigenvalue weighted by molar-refractivity contribution is 0.244. The average molecular weight is 275 g/mol. The molecular weight excluding hydrogens is 258 g/mol. The fraction of sp³-hybridized carbons (Fsp3) is 0.286. The number of hydrogen-bond acceptors (Lipinski definition) is 3. The second-order valence-electron chi connectivity index (χ2n) is 4.57. The predicted molar refractivity (Wildman–Crippen MR) is 78.3 cm³/mol. The van der Waals surface area contributed by atoms with Gasteiger partial charge in [0.05, 0.1) is 6.04 Å². The number of nitrogens with one attached hydrogen (secondary N) is 2. The van der Waals surface area contributed by atoms with Crippen LogP contribution in [0.25, 0.3) is 0 Å². The van der Waals surface area contributed by atoms with Crippen molar-refractivity contribution in [3.8, 4) is 0 Å². The fourth-order valence-electron chi connectivity index (χ4n) is 1.85. The number of benzene rings is 1. The highest BCUT2D eigenvalue weighted by atomic mass is 32.1. The Balaban J connectivity index is 2.03. The molecule has 0 saturated heterocycles. The molecule has 0 aliphatic rings. The molecule has 0 fully saturated rings. The molecule has 0 saturated carbocycles. The minimum absolute atomic E-state index is 0.0128. The van der Waals surface area contributed by atoms with E-state index in [1.165, 1.54) is 11.3 Å². The van der Waals surface area contributed by atoms with Crippen molar-refractivity contribution in [2.24, 2.45) is 5.92 Å². The standard InChI is InChI=1S/C14H17N3OS/c1-10(2)12(11-6-4-3-5-7-11)16-13(18)17-14-15-8-9-19-14/h3-10,12H,1-2H3,(H2,15,16,17,18). The summed E-state index contributed by atoms with van der Waals surface area (Å²) in [5, 5.41) is 8.15. The molecule has 1 aromatic heterocycles. The molecule has 0 bridgehead atoms. The number of carbonyl (C=O) groups excluding carboxylic acids is 1. The first kappa shape index (κ1) is 13.5. The Morgan fingerprint density at radius 2 is 2.00 bits per heavy atom. The molecule has 1 atom stereocenters. The molecule has 0 aliphatic carbocycles. The molecule has 2 rings (SSSR count). The number of amides is 2. The molecule has 2 aromatic rings. The molecule has 2 N–H and O–H groups in total. The summed E-state index contributed by atoms with van der Waals surface area (Å²) in [4.78, 5) is 16.0. The zero-order valence-electron chi connectivity index (χ0n) is 11.0. The lowest BCUT2D eigenvalue weighted by Gasteiger charge is -2.22. The summed E-state index contributed by atoms with van der Waals surface area (Å²) in [5.41, 5.74) is 1.10. The summed E-state index contributed by atoms with van der Waals surface area (Å²) in [6, 6.07) is 9.73. The van der Waals surface area contributed by atoms with Crippen LogP contribution in [0, 0.1) is 5.92 Å². The Morgan fingerprint density at radius 1 is 1.26 bits per heavy atom. The van der Waals surface area contributed by atoms with Gasteiger partial charge < -0.3 is 5.32 Å². The van der Waals surface area contributed by atoms with Crippen LogP contribution < -0.4 is 10.6 Å². The summed E-state index contributed by atoms with van der Waals surface area (Å²) < 4.78 is 0. The smallest absolute Gasteiger partial charge is 0.321 e. The highest BCUT2D eigenvalue weighted by Crippen LogP contribution is 2.21. The van der Waals surface area contributed by atoms with Crippen molar-refractivity contribution < 1.29 is 4.79 Å². The average Bonchev–Trinajstić information content (AvgIpc) is 2.89. The van der Waals surface area contributed by atoms with E-state index in [4.69, 9.17) is 0 Å². The van der Waals surface area contributed by atoms with Gasteiger partial charge in [0.1, 0.15) is 0 Å². The Labute approximate surface area is 116 Å². The van der Waals surface area contributed by atoms with Gasteiger partial charge in [-0.2, -0.15) is 0 Å². The van der Waals surface area contributed by atoms with Gasteiger partial charge in [0.25, 0.3) is 0 Å². The number of hydrogen-bond donors (Lipinski definition) is 2. The van der Waals surface area contributed by atoms with Gasteiger partial charge in [0.2, 0.25) is 0 Å². The lowest BCUT2D eigenvalue weighted by atomic mass is 9.96. The summed E-state index contributed by atoms with van der Waals surface area (Å²) in [5.74, 6) is 0.310. The van der Waals surface area contributed by atoms with Crippen LogP contribution >= 0.6 is 11.3 Å². The Morgan fingerprint density at radius 3 is 2.58 bits per heavy atom. The van der Waals surface area contributed by atoms with Crippen LogP contribution in [0.2, 0.25) is 0 Å². The number of anilines is 1. The third kappa shape index (κ3) is 3.79. The van der Waals surface area contributed by atoms with Crippen molar-refractivity contribution in [2.45, 2.75) is 19.9 Å². The van der Waals surface area contributed by atoms with E-state index in [1.807, 2.05) is 35.7 Å². The molecule has 0 aliphatic heterocycles. The van der Waals surface area contributed by atoms with Crippen molar-refractivity contribution in [3.05, 3.63) is 47.5 Å². The van der Waals surface area contributed by atoms with Crippen LogP contribution in [0.4, 0.5) is 9.93 Å². The number of rotatable bonds is 4. The van der Waals surface area contributed by atoms with Crippen molar-refractivity contribution in [3.63, 3.8) is 0 Å². The number of carbonyl (C=O) groups is 1. The van der Waals surface area contributed by atoms with E-state index in [9.17, 15) is 4.79 Å². The van der Waals surface area contributed by atoms with Crippen molar-refractivity contribution in [1.82, 2.24) is 10.3 Å². The summed E-state index contributed by atoms with van der Waals surface area (Å²) in [6.45, 7) is 4.17. The first-order valence-corrected chi connectivity index (χ1v) is 7.06. The summed E-state index contributed by atoms with van der Waals surface area (Å²) >= 11 is 1.40.